The molecule has 0 spiro atoms. The highest BCUT2D eigenvalue weighted by Crippen LogP contribution is 2.54. The van der Waals surface area contributed by atoms with E-state index in [-0.39, 0.29) is 22.7 Å². The zero-order valence-corrected chi connectivity index (χ0v) is 17.9. The number of hydrazone groups is 1. The molecule has 1 fully saturated rings. The largest absolute Gasteiger partial charge is 0.312 e. The first kappa shape index (κ1) is 19.8. The third-order valence-electron chi connectivity index (χ3n) is 6.52. The van der Waals surface area contributed by atoms with E-state index in [0.717, 1.165) is 31.5 Å². The van der Waals surface area contributed by atoms with Crippen LogP contribution < -0.4 is 10.7 Å². The van der Waals surface area contributed by atoms with E-state index >= 15 is 0 Å². The maximum absolute atomic E-state index is 12.7. The highest BCUT2D eigenvalue weighted by molar-refractivity contribution is 5.87. The fourth-order valence-electron chi connectivity index (χ4n) is 4.34. The zero-order valence-electron chi connectivity index (χ0n) is 17.9. The maximum Gasteiger partial charge on any atom is 0.244 e. The topological polar surface area (TPSA) is 53.5 Å². The molecule has 2 aromatic carbocycles. The van der Waals surface area contributed by atoms with E-state index in [1.807, 2.05) is 6.07 Å². The average molecular weight is 390 g/mol. The Balaban J connectivity index is 1.40. The number of carbonyl (C=O) groups is 1. The van der Waals surface area contributed by atoms with Crippen LogP contribution in [0.25, 0.3) is 0 Å². The van der Waals surface area contributed by atoms with Crippen LogP contribution in [0, 0.1) is 5.92 Å². The van der Waals surface area contributed by atoms with Crippen molar-refractivity contribution >= 4 is 12.1 Å². The lowest BCUT2D eigenvalue weighted by Crippen LogP contribution is -2.25. The SMILES string of the molecule is CC(C)(C)c1ccc(C2(C)CC2C(=O)N/N=C/c2cccc3c2CCNC3)cc1. The number of hydrogen-bond donors (Lipinski definition) is 2. The predicted octanol–water partition coefficient (Wildman–Crippen LogP) is 4.06. The van der Waals surface area contributed by atoms with Gasteiger partial charge in [-0.25, -0.2) is 5.43 Å². The minimum atomic E-state index is -0.0897. The quantitative estimate of drug-likeness (QED) is 0.612. The highest BCUT2D eigenvalue weighted by atomic mass is 16.2. The van der Waals surface area contributed by atoms with Crippen molar-refractivity contribution in [3.63, 3.8) is 0 Å². The molecule has 4 nitrogen and oxygen atoms in total. The summed E-state index contributed by atoms with van der Waals surface area (Å²) in [4.78, 5) is 12.7. The van der Waals surface area contributed by atoms with E-state index in [1.165, 1.54) is 22.3 Å². The first-order chi connectivity index (χ1) is 13.8. The maximum atomic E-state index is 12.7. The smallest absolute Gasteiger partial charge is 0.244 e. The minimum Gasteiger partial charge on any atom is -0.312 e. The van der Waals surface area contributed by atoms with Gasteiger partial charge in [0.1, 0.15) is 0 Å². The number of amides is 1. The van der Waals surface area contributed by atoms with Gasteiger partial charge in [-0.3, -0.25) is 4.79 Å². The van der Waals surface area contributed by atoms with Crippen LogP contribution in [0.2, 0.25) is 0 Å². The van der Waals surface area contributed by atoms with Crippen molar-refractivity contribution in [3.8, 4) is 0 Å². The van der Waals surface area contributed by atoms with E-state index < -0.39 is 0 Å². The zero-order chi connectivity index (χ0) is 20.6. The number of fused-ring (bicyclic) bond motifs is 1. The molecule has 29 heavy (non-hydrogen) atoms. The van der Waals surface area contributed by atoms with Gasteiger partial charge < -0.3 is 5.32 Å². The summed E-state index contributed by atoms with van der Waals surface area (Å²) in [7, 11) is 0. The summed E-state index contributed by atoms with van der Waals surface area (Å²) in [6.07, 6.45) is 3.66. The Morgan fingerprint density at radius 3 is 2.69 bits per heavy atom. The molecule has 2 unspecified atom stereocenters. The van der Waals surface area contributed by atoms with E-state index in [0.29, 0.717) is 0 Å². The number of rotatable bonds is 4. The van der Waals surface area contributed by atoms with Crippen LogP contribution in [-0.2, 0) is 28.6 Å². The van der Waals surface area contributed by atoms with Crippen molar-refractivity contribution in [3.05, 3.63) is 70.3 Å². The van der Waals surface area contributed by atoms with Crippen LogP contribution in [0.4, 0.5) is 0 Å². The highest BCUT2D eigenvalue weighted by Gasteiger charge is 2.55. The number of benzene rings is 2. The van der Waals surface area contributed by atoms with Gasteiger partial charge in [0.2, 0.25) is 5.91 Å². The lowest BCUT2D eigenvalue weighted by atomic mass is 9.85. The normalized spacial score (nSPS) is 23.7. The van der Waals surface area contributed by atoms with Crippen molar-refractivity contribution < 1.29 is 4.79 Å². The van der Waals surface area contributed by atoms with Crippen LogP contribution in [0.1, 0.15) is 61.9 Å². The standard InChI is InChI=1S/C25H31N3O/c1-24(2,3)19-8-10-20(11-9-19)25(4)14-22(25)23(29)28-27-16-18-7-5-6-17-15-26-13-12-21(17)18/h5-11,16,22,26H,12-15H2,1-4H3,(H,28,29)/b27-16+. The summed E-state index contributed by atoms with van der Waals surface area (Å²) < 4.78 is 0. The Bertz CT molecular complexity index is 940. The molecular formula is C25H31N3O. The van der Waals surface area contributed by atoms with Gasteiger partial charge in [0.05, 0.1) is 12.1 Å². The number of hydrogen-bond acceptors (Lipinski definition) is 3. The third-order valence-corrected chi connectivity index (χ3v) is 6.52. The van der Waals surface area contributed by atoms with Gasteiger partial charge in [0.25, 0.3) is 0 Å². The molecule has 4 rings (SSSR count). The summed E-state index contributed by atoms with van der Waals surface area (Å²) in [6.45, 7) is 10.7. The summed E-state index contributed by atoms with van der Waals surface area (Å²) >= 11 is 0. The first-order valence-electron chi connectivity index (χ1n) is 10.5. The van der Waals surface area contributed by atoms with Crippen LogP contribution >= 0.6 is 0 Å². The van der Waals surface area contributed by atoms with Crippen molar-refractivity contribution in [2.75, 3.05) is 6.54 Å². The first-order valence-corrected chi connectivity index (χ1v) is 10.5. The molecule has 0 radical (unpaired) electrons. The molecule has 2 atom stereocenters. The molecule has 1 aliphatic heterocycles. The molecule has 0 aromatic heterocycles. The van der Waals surface area contributed by atoms with Gasteiger partial charge in [0.15, 0.2) is 0 Å². The third kappa shape index (κ3) is 3.99. The predicted molar refractivity (Wildman–Crippen MR) is 118 cm³/mol. The van der Waals surface area contributed by atoms with Gasteiger partial charge in [-0.15, -0.1) is 0 Å². The van der Waals surface area contributed by atoms with Crippen LogP contribution in [-0.4, -0.2) is 18.7 Å². The second kappa shape index (κ2) is 7.42. The molecule has 1 aliphatic carbocycles. The summed E-state index contributed by atoms with van der Waals surface area (Å²) in [5, 5.41) is 7.66. The Labute approximate surface area is 173 Å². The molecule has 4 heteroatoms. The average Bonchev–Trinajstić information content (AvgIpc) is 3.41. The molecule has 1 saturated carbocycles. The lowest BCUT2D eigenvalue weighted by Gasteiger charge is -2.20. The second-order valence-electron chi connectivity index (χ2n) is 9.65. The number of nitrogens with one attached hydrogen (secondary N) is 2. The van der Waals surface area contributed by atoms with Crippen molar-refractivity contribution in [1.82, 2.24) is 10.7 Å². The second-order valence-corrected chi connectivity index (χ2v) is 9.65. The van der Waals surface area contributed by atoms with Crippen molar-refractivity contribution in [1.29, 1.82) is 0 Å². The Hall–Kier alpha value is -2.46. The van der Waals surface area contributed by atoms with Crippen molar-refractivity contribution in [2.45, 2.75) is 57.9 Å². The van der Waals surface area contributed by atoms with Gasteiger partial charge in [0, 0.05) is 12.0 Å². The van der Waals surface area contributed by atoms with E-state index in [2.05, 4.69) is 79.9 Å². The summed E-state index contributed by atoms with van der Waals surface area (Å²) in [5.41, 5.74) is 9.13. The van der Waals surface area contributed by atoms with Gasteiger partial charge >= 0.3 is 0 Å². The fraction of sp³-hybridized carbons (Fsp3) is 0.440. The Morgan fingerprint density at radius 2 is 1.97 bits per heavy atom. The van der Waals surface area contributed by atoms with Gasteiger partial charge in [-0.1, -0.05) is 70.2 Å². The molecule has 1 heterocycles. The summed E-state index contributed by atoms with van der Waals surface area (Å²) in [6, 6.07) is 15.0. The molecule has 2 aromatic rings. The Kier molecular flexibility index (Phi) is 5.07. The molecule has 0 bridgehead atoms. The van der Waals surface area contributed by atoms with Crippen LogP contribution in [0.5, 0.6) is 0 Å². The molecule has 1 amide bonds. The van der Waals surface area contributed by atoms with Crippen molar-refractivity contribution in [2.24, 2.45) is 11.0 Å². The van der Waals surface area contributed by atoms with Crippen LogP contribution in [0.15, 0.2) is 47.6 Å². The molecular weight excluding hydrogens is 358 g/mol. The monoisotopic (exact) mass is 389 g/mol. The van der Waals surface area contributed by atoms with Crippen LogP contribution in [0.3, 0.4) is 0 Å². The summed E-state index contributed by atoms with van der Waals surface area (Å²) in [5.74, 6) is -0.0101. The van der Waals surface area contributed by atoms with E-state index in [1.54, 1.807) is 6.21 Å². The van der Waals surface area contributed by atoms with Gasteiger partial charge in [-0.05, 0) is 52.6 Å². The lowest BCUT2D eigenvalue weighted by molar-refractivity contribution is -0.122. The number of nitrogens with zero attached hydrogens (tertiary/aromatic N) is 1. The molecule has 152 valence electrons. The Morgan fingerprint density at radius 1 is 1.21 bits per heavy atom. The molecule has 0 saturated heterocycles. The molecule has 2 N–H and O–H groups in total. The minimum absolute atomic E-state index is 0.00936. The molecule has 2 aliphatic rings. The fourth-order valence-corrected chi connectivity index (χ4v) is 4.34. The van der Waals surface area contributed by atoms with E-state index in [4.69, 9.17) is 0 Å². The number of carbonyl (C=O) groups excluding carboxylic acids is 1. The van der Waals surface area contributed by atoms with E-state index in [9.17, 15) is 4.79 Å². The van der Waals surface area contributed by atoms with Gasteiger partial charge in [-0.2, -0.15) is 5.10 Å².